The molecule has 1 aliphatic heterocycles. The zero-order valence-corrected chi connectivity index (χ0v) is 18.9. The third-order valence-electron chi connectivity index (χ3n) is 5.15. The molecule has 1 heterocycles. The highest BCUT2D eigenvalue weighted by atomic mass is 35.5. The maximum atomic E-state index is 12.8. The van der Waals surface area contributed by atoms with Gasteiger partial charge in [0.2, 0.25) is 0 Å². The van der Waals surface area contributed by atoms with Crippen molar-refractivity contribution in [2.45, 2.75) is 18.3 Å². The predicted molar refractivity (Wildman–Crippen MR) is 123 cm³/mol. The van der Waals surface area contributed by atoms with Gasteiger partial charge < -0.3 is 14.8 Å². The topological polar surface area (TPSA) is 42.8 Å². The molecule has 2 atom stereocenters. The molecule has 172 valence electrons. The number of methoxy groups -OCH3 is 1. The Morgan fingerprint density at radius 3 is 2.09 bits per heavy atom. The number of aliphatic imine (C=N–C) groups is 1. The van der Waals surface area contributed by atoms with Gasteiger partial charge in [0.15, 0.2) is 6.61 Å². The Kier molecular flexibility index (Phi) is 6.72. The summed E-state index contributed by atoms with van der Waals surface area (Å²) in [7, 11) is 1.43. The molecule has 4 nitrogen and oxygen atoms in total. The van der Waals surface area contributed by atoms with Gasteiger partial charge in [-0.05, 0) is 47.5 Å². The van der Waals surface area contributed by atoms with E-state index in [1.54, 1.807) is 36.4 Å². The summed E-state index contributed by atoms with van der Waals surface area (Å²) in [5.41, 5.74) is 2.22. The summed E-state index contributed by atoms with van der Waals surface area (Å²) in [6, 6.07) is 18.7. The smallest absolute Gasteiger partial charge is 0.422 e. The molecule has 2 unspecified atom stereocenters. The van der Waals surface area contributed by atoms with E-state index in [-0.39, 0.29) is 17.8 Å². The summed E-state index contributed by atoms with van der Waals surface area (Å²) in [5.74, 6) is 0.803. The summed E-state index contributed by atoms with van der Waals surface area (Å²) < 4.78 is 48.8. The lowest BCUT2D eigenvalue weighted by Gasteiger charge is -2.20. The van der Waals surface area contributed by atoms with Gasteiger partial charge in [-0.1, -0.05) is 47.5 Å². The second kappa shape index (κ2) is 9.53. The van der Waals surface area contributed by atoms with Gasteiger partial charge in [-0.15, -0.1) is 0 Å². The monoisotopic (exact) mass is 494 g/mol. The van der Waals surface area contributed by atoms with E-state index < -0.39 is 12.8 Å². The van der Waals surface area contributed by atoms with Gasteiger partial charge in [-0.2, -0.15) is 13.2 Å². The Hall–Kier alpha value is -2.90. The third kappa shape index (κ3) is 5.54. The zero-order valence-electron chi connectivity index (χ0n) is 17.4. The SMILES string of the molecule is COc1ccc(C2=NC(c3ccc(Cl)cc3)C(c3ccc(Cl)cc3)N2)c(OCC(F)(F)F)c1. The van der Waals surface area contributed by atoms with Gasteiger partial charge in [0.05, 0.1) is 18.7 Å². The molecule has 0 saturated heterocycles. The van der Waals surface area contributed by atoms with Crippen LogP contribution in [0.1, 0.15) is 28.8 Å². The minimum atomic E-state index is -4.48. The van der Waals surface area contributed by atoms with E-state index in [1.165, 1.54) is 13.2 Å². The van der Waals surface area contributed by atoms with Crippen LogP contribution in [0.5, 0.6) is 11.5 Å². The van der Waals surface area contributed by atoms with Gasteiger partial charge in [-0.3, -0.25) is 4.99 Å². The first-order valence-corrected chi connectivity index (χ1v) is 10.7. The number of rotatable bonds is 6. The normalized spacial score (nSPS) is 17.9. The maximum absolute atomic E-state index is 12.8. The van der Waals surface area contributed by atoms with Crippen LogP contribution in [-0.2, 0) is 0 Å². The molecule has 0 spiro atoms. The average Bonchev–Trinajstić information content (AvgIpc) is 3.23. The van der Waals surface area contributed by atoms with Crippen LogP contribution in [0.4, 0.5) is 13.2 Å². The number of halogens is 5. The van der Waals surface area contributed by atoms with Crippen LogP contribution in [0.15, 0.2) is 71.7 Å². The Bertz CT molecular complexity index is 1150. The Morgan fingerprint density at radius 2 is 1.52 bits per heavy atom. The van der Waals surface area contributed by atoms with Crippen molar-refractivity contribution in [2.75, 3.05) is 13.7 Å². The van der Waals surface area contributed by atoms with Crippen molar-refractivity contribution in [2.24, 2.45) is 4.99 Å². The fraction of sp³-hybridized carbons (Fsp3) is 0.208. The minimum absolute atomic E-state index is 0.0181. The molecule has 0 aromatic heterocycles. The van der Waals surface area contributed by atoms with E-state index in [0.29, 0.717) is 27.2 Å². The first-order valence-electron chi connectivity index (χ1n) is 9.97. The van der Waals surface area contributed by atoms with Crippen molar-refractivity contribution >= 4 is 29.0 Å². The lowest BCUT2D eigenvalue weighted by molar-refractivity contribution is -0.153. The maximum Gasteiger partial charge on any atom is 0.422 e. The van der Waals surface area contributed by atoms with Crippen molar-refractivity contribution in [3.05, 3.63) is 93.5 Å². The number of alkyl halides is 3. The van der Waals surface area contributed by atoms with Crippen molar-refractivity contribution in [3.63, 3.8) is 0 Å². The molecule has 0 radical (unpaired) electrons. The van der Waals surface area contributed by atoms with Crippen molar-refractivity contribution in [1.82, 2.24) is 5.32 Å². The Labute approximate surface area is 199 Å². The second-order valence-corrected chi connectivity index (χ2v) is 8.29. The minimum Gasteiger partial charge on any atom is -0.497 e. The first kappa shape index (κ1) is 23.3. The summed E-state index contributed by atoms with van der Waals surface area (Å²) in [4.78, 5) is 4.83. The lowest BCUT2D eigenvalue weighted by Crippen LogP contribution is -2.26. The summed E-state index contributed by atoms with van der Waals surface area (Å²) >= 11 is 12.1. The molecule has 0 fully saturated rings. The molecule has 0 aliphatic carbocycles. The van der Waals surface area contributed by atoms with E-state index >= 15 is 0 Å². The van der Waals surface area contributed by atoms with Crippen molar-refractivity contribution < 1.29 is 22.6 Å². The van der Waals surface area contributed by atoms with Gasteiger partial charge in [0.25, 0.3) is 0 Å². The third-order valence-corrected chi connectivity index (χ3v) is 5.66. The zero-order chi connectivity index (χ0) is 23.6. The molecule has 0 saturated carbocycles. The highest BCUT2D eigenvalue weighted by molar-refractivity contribution is 6.30. The van der Waals surface area contributed by atoms with Crippen LogP contribution in [0, 0.1) is 0 Å². The standard InChI is InChI=1S/C24H19Cl2F3N2O2/c1-32-18-10-11-19(20(12-18)33-13-24(27,28)29)23-30-21(14-2-6-16(25)7-3-14)22(31-23)15-4-8-17(26)9-5-15/h2-12,21-22H,13H2,1H3,(H,30,31). The van der Waals surface area contributed by atoms with Gasteiger partial charge in [0, 0.05) is 16.1 Å². The molecule has 33 heavy (non-hydrogen) atoms. The van der Waals surface area contributed by atoms with E-state index in [2.05, 4.69) is 5.32 Å². The molecule has 0 amide bonds. The molecule has 1 N–H and O–H groups in total. The van der Waals surface area contributed by atoms with Crippen LogP contribution in [-0.4, -0.2) is 25.7 Å². The fourth-order valence-electron chi connectivity index (χ4n) is 3.59. The van der Waals surface area contributed by atoms with E-state index in [9.17, 15) is 13.2 Å². The van der Waals surface area contributed by atoms with Gasteiger partial charge >= 0.3 is 6.18 Å². The Morgan fingerprint density at radius 1 is 0.909 bits per heavy atom. The van der Waals surface area contributed by atoms with Gasteiger partial charge in [-0.25, -0.2) is 0 Å². The van der Waals surface area contributed by atoms with Crippen LogP contribution in [0.3, 0.4) is 0 Å². The highest BCUT2D eigenvalue weighted by Crippen LogP contribution is 2.39. The summed E-state index contributed by atoms with van der Waals surface area (Å²) in [6.45, 7) is -1.43. The predicted octanol–water partition coefficient (Wildman–Crippen LogP) is 6.78. The number of benzene rings is 3. The van der Waals surface area contributed by atoms with Crippen molar-refractivity contribution in [1.29, 1.82) is 0 Å². The fourth-order valence-corrected chi connectivity index (χ4v) is 3.84. The van der Waals surface area contributed by atoms with Crippen LogP contribution in [0.25, 0.3) is 0 Å². The summed E-state index contributed by atoms with van der Waals surface area (Å²) in [5, 5.41) is 4.54. The van der Waals surface area contributed by atoms with E-state index in [0.717, 1.165) is 11.1 Å². The van der Waals surface area contributed by atoms with Crippen molar-refractivity contribution in [3.8, 4) is 11.5 Å². The highest BCUT2D eigenvalue weighted by Gasteiger charge is 2.34. The molecule has 1 aliphatic rings. The average molecular weight is 495 g/mol. The quantitative estimate of drug-likeness (QED) is 0.410. The van der Waals surface area contributed by atoms with Gasteiger partial charge in [0.1, 0.15) is 23.4 Å². The molecule has 3 aromatic carbocycles. The molecule has 9 heteroatoms. The first-order chi connectivity index (χ1) is 15.7. The van der Waals surface area contributed by atoms with Crippen LogP contribution in [0.2, 0.25) is 10.0 Å². The summed E-state index contributed by atoms with van der Waals surface area (Å²) in [6.07, 6.45) is -4.48. The Balaban J connectivity index is 1.74. The van der Waals surface area contributed by atoms with E-state index in [1.807, 2.05) is 24.3 Å². The molecule has 4 rings (SSSR count). The lowest BCUT2D eigenvalue weighted by atomic mass is 9.95. The number of nitrogens with zero attached hydrogens (tertiary/aromatic N) is 1. The second-order valence-electron chi connectivity index (χ2n) is 7.41. The molecular formula is C24H19Cl2F3N2O2. The van der Waals surface area contributed by atoms with Crippen LogP contribution >= 0.6 is 23.2 Å². The number of amidine groups is 1. The molecular weight excluding hydrogens is 476 g/mol. The molecule has 0 bridgehead atoms. The van der Waals surface area contributed by atoms with E-state index in [4.69, 9.17) is 37.7 Å². The molecule has 3 aromatic rings. The van der Waals surface area contributed by atoms with Crippen LogP contribution < -0.4 is 14.8 Å². The number of ether oxygens (including phenoxy) is 2. The number of hydrogen-bond donors (Lipinski definition) is 1. The number of nitrogens with one attached hydrogen (secondary N) is 1. The largest absolute Gasteiger partial charge is 0.497 e. The number of hydrogen-bond acceptors (Lipinski definition) is 4.